The number of hydrogen-bond acceptors (Lipinski definition) is 3. The van der Waals surface area contributed by atoms with E-state index in [2.05, 4.69) is 5.32 Å². The van der Waals surface area contributed by atoms with E-state index in [-0.39, 0.29) is 5.82 Å². The van der Waals surface area contributed by atoms with Gasteiger partial charge in [0.1, 0.15) is 5.82 Å². The fraction of sp³-hybridized carbons (Fsp3) is 0.250. The number of para-hydroxylation sites is 1. The standard InChI is InChI=1S/C16H18FNO2/c1-19-15-5-3-4-13(16(15)20-2)11-18-10-12-6-8-14(17)9-7-12/h3-9,18H,10-11H2,1-2H3. The van der Waals surface area contributed by atoms with Crippen LogP contribution >= 0.6 is 0 Å². The Morgan fingerprint density at radius 2 is 1.70 bits per heavy atom. The second-order valence-electron chi connectivity index (χ2n) is 4.38. The monoisotopic (exact) mass is 275 g/mol. The number of benzene rings is 2. The summed E-state index contributed by atoms with van der Waals surface area (Å²) >= 11 is 0. The molecule has 0 saturated carbocycles. The fourth-order valence-electron chi connectivity index (χ4n) is 2.04. The lowest BCUT2D eigenvalue weighted by atomic mass is 10.1. The normalized spacial score (nSPS) is 10.3. The van der Waals surface area contributed by atoms with Gasteiger partial charge < -0.3 is 14.8 Å². The fourth-order valence-corrected chi connectivity index (χ4v) is 2.04. The minimum atomic E-state index is -0.219. The highest BCUT2D eigenvalue weighted by atomic mass is 19.1. The number of halogens is 1. The predicted octanol–water partition coefficient (Wildman–Crippen LogP) is 3.13. The zero-order chi connectivity index (χ0) is 14.4. The molecule has 4 heteroatoms. The molecule has 1 N–H and O–H groups in total. The van der Waals surface area contributed by atoms with Crippen LogP contribution in [0.15, 0.2) is 42.5 Å². The molecular formula is C16H18FNO2. The summed E-state index contributed by atoms with van der Waals surface area (Å²) in [5.41, 5.74) is 2.06. The third kappa shape index (κ3) is 3.48. The molecule has 0 aromatic heterocycles. The van der Waals surface area contributed by atoms with Crippen LogP contribution in [0.4, 0.5) is 4.39 Å². The van der Waals surface area contributed by atoms with Crippen molar-refractivity contribution in [1.82, 2.24) is 5.32 Å². The van der Waals surface area contributed by atoms with E-state index in [0.717, 1.165) is 16.9 Å². The summed E-state index contributed by atoms with van der Waals surface area (Å²) in [5, 5.41) is 3.31. The molecule has 2 aromatic carbocycles. The molecule has 0 spiro atoms. The Balaban J connectivity index is 1.98. The van der Waals surface area contributed by atoms with Crippen molar-refractivity contribution in [3.63, 3.8) is 0 Å². The lowest BCUT2D eigenvalue weighted by Gasteiger charge is -2.13. The van der Waals surface area contributed by atoms with Gasteiger partial charge in [-0.25, -0.2) is 4.39 Å². The number of methoxy groups -OCH3 is 2. The van der Waals surface area contributed by atoms with E-state index < -0.39 is 0 Å². The van der Waals surface area contributed by atoms with E-state index in [9.17, 15) is 4.39 Å². The Bertz CT molecular complexity index is 555. The van der Waals surface area contributed by atoms with Gasteiger partial charge in [0.25, 0.3) is 0 Å². The van der Waals surface area contributed by atoms with Crippen LogP contribution in [0.3, 0.4) is 0 Å². The quantitative estimate of drug-likeness (QED) is 0.878. The van der Waals surface area contributed by atoms with Gasteiger partial charge in [0, 0.05) is 18.7 Å². The summed E-state index contributed by atoms with van der Waals surface area (Å²) in [6, 6.07) is 12.2. The Morgan fingerprint density at radius 1 is 0.950 bits per heavy atom. The second kappa shape index (κ2) is 6.91. The van der Waals surface area contributed by atoms with Crippen LogP contribution in [-0.4, -0.2) is 14.2 Å². The van der Waals surface area contributed by atoms with Gasteiger partial charge in [-0.15, -0.1) is 0 Å². The van der Waals surface area contributed by atoms with Crippen LogP contribution in [0, 0.1) is 5.82 Å². The first-order chi connectivity index (χ1) is 9.74. The average Bonchev–Trinajstić information content (AvgIpc) is 2.49. The Morgan fingerprint density at radius 3 is 2.35 bits per heavy atom. The highest BCUT2D eigenvalue weighted by Gasteiger charge is 2.08. The van der Waals surface area contributed by atoms with Crippen LogP contribution in [0.25, 0.3) is 0 Å². The molecule has 0 atom stereocenters. The van der Waals surface area contributed by atoms with E-state index in [4.69, 9.17) is 9.47 Å². The predicted molar refractivity (Wildman–Crippen MR) is 76.5 cm³/mol. The molecular weight excluding hydrogens is 257 g/mol. The minimum absolute atomic E-state index is 0.219. The van der Waals surface area contributed by atoms with Crippen molar-refractivity contribution in [2.75, 3.05) is 14.2 Å². The highest BCUT2D eigenvalue weighted by molar-refractivity contribution is 5.46. The summed E-state index contributed by atoms with van der Waals surface area (Å²) < 4.78 is 23.4. The smallest absolute Gasteiger partial charge is 0.165 e. The Kier molecular flexibility index (Phi) is 4.96. The van der Waals surface area contributed by atoms with E-state index >= 15 is 0 Å². The number of nitrogens with one attached hydrogen (secondary N) is 1. The summed E-state index contributed by atoms with van der Waals surface area (Å²) in [6.45, 7) is 1.32. The van der Waals surface area contributed by atoms with Crippen molar-refractivity contribution < 1.29 is 13.9 Å². The van der Waals surface area contributed by atoms with Gasteiger partial charge in [-0.3, -0.25) is 0 Å². The van der Waals surface area contributed by atoms with Crippen molar-refractivity contribution in [2.45, 2.75) is 13.1 Å². The lowest BCUT2D eigenvalue weighted by molar-refractivity contribution is 0.350. The van der Waals surface area contributed by atoms with E-state index in [1.165, 1.54) is 12.1 Å². The summed E-state index contributed by atoms with van der Waals surface area (Å²) in [4.78, 5) is 0. The zero-order valence-corrected chi connectivity index (χ0v) is 11.7. The van der Waals surface area contributed by atoms with Crippen molar-refractivity contribution >= 4 is 0 Å². The Hall–Kier alpha value is -2.07. The molecule has 2 rings (SSSR count). The second-order valence-corrected chi connectivity index (χ2v) is 4.38. The third-order valence-electron chi connectivity index (χ3n) is 3.04. The Labute approximate surface area is 118 Å². The van der Waals surface area contributed by atoms with Crippen molar-refractivity contribution in [3.05, 3.63) is 59.4 Å². The third-order valence-corrected chi connectivity index (χ3v) is 3.04. The SMILES string of the molecule is COc1cccc(CNCc2ccc(F)cc2)c1OC. The molecule has 0 aliphatic carbocycles. The van der Waals surface area contributed by atoms with Gasteiger partial charge in [0.15, 0.2) is 11.5 Å². The molecule has 0 heterocycles. The van der Waals surface area contributed by atoms with E-state index in [1.54, 1.807) is 26.4 Å². The molecule has 0 aliphatic rings. The van der Waals surface area contributed by atoms with Gasteiger partial charge in [-0.2, -0.15) is 0 Å². The topological polar surface area (TPSA) is 30.5 Å². The average molecular weight is 275 g/mol. The lowest BCUT2D eigenvalue weighted by Crippen LogP contribution is -2.13. The molecule has 0 amide bonds. The van der Waals surface area contributed by atoms with Crippen molar-refractivity contribution in [2.24, 2.45) is 0 Å². The maximum absolute atomic E-state index is 12.8. The van der Waals surface area contributed by atoms with E-state index in [0.29, 0.717) is 18.8 Å². The van der Waals surface area contributed by atoms with Crippen LogP contribution in [0.5, 0.6) is 11.5 Å². The molecule has 3 nitrogen and oxygen atoms in total. The van der Waals surface area contributed by atoms with Crippen LogP contribution in [0.2, 0.25) is 0 Å². The van der Waals surface area contributed by atoms with E-state index in [1.807, 2.05) is 18.2 Å². The van der Waals surface area contributed by atoms with Gasteiger partial charge in [-0.1, -0.05) is 24.3 Å². The molecule has 0 bridgehead atoms. The summed E-state index contributed by atoms with van der Waals surface area (Å²) in [6.07, 6.45) is 0. The molecule has 0 saturated heterocycles. The van der Waals surface area contributed by atoms with Crippen LogP contribution in [0.1, 0.15) is 11.1 Å². The molecule has 0 fully saturated rings. The molecule has 2 aromatic rings. The van der Waals surface area contributed by atoms with Gasteiger partial charge in [-0.05, 0) is 23.8 Å². The summed E-state index contributed by atoms with van der Waals surface area (Å²) in [7, 11) is 3.24. The first kappa shape index (κ1) is 14.3. The minimum Gasteiger partial charge on any atom is -0.493 e. The van der Waals surface area contributed by atoms with Gasteiger partial charge in [0.2, 0.25) is 0 Å². The maximum Gasteiger partial charge on any atom is 0.165 e. The molecule has 20 heavy (non-hydrogen) atoms. The van der Waals surface area contributed by atoms with Crippen LogP contribution < -0.4 is 14.8 Å². The number of ether oxygens (including phenoxy) is 2. The highest BCUT2D eigenvalue weighted by Crippen LogP contribution is 2.30. The zero-order valence-electron chi connectivity index (χ0n) is 11.7. The molecule has 106 valence electrons. The molecule has 0 radical (unpaired) electrons. The number of rotatable bonds is 6. The van der Waals surface area contributed by atoms with Crippen LogP contribution in [-0.2, 0) is 13.1 Å². The first-order valence-electron chi connectivity index (χ1n) is 6.39. The van der Waals surface area contributed by atoms with Crippen molar-refractivity contribution in [1.29, 1.82) is 0 Å². The first-order valence-corrected chi connectivity index (χ1v) is 6.39. The summed E-state index contributed by atoms with van der Waals surface area (Å²) in [5.74, 6) is 1.23. The number of hydrogen-bond donors (Lipinski definition) is 1. The molecule has 0 unspecified atom stereocenters. The van der Waals surface area contributed by atoms with Crippen molar-refractivity contribution in [3.8, 4) is 11.5 Å². The van der Waals surface area contributed by atoms with Gasteiger partial charge >= 0.3 is 0 Å². The van der Waals surface area contributed by atoms with Gasteiger partial charge in [0.05, 0.1) is 14.2 Å². The largest absolute Gasteiger partial charge is 0.493 e. The maximum atomic E-state index is 12.8. The molecule has 0 aliphatic heterocycles.